The van der Waals surface area contributed by atoms with Gasteiger partial charge >= 0.3 is 0 Å². The van der Waals surface area contributed by atoms with Crippen LogP contribution < -0.4 is 5.73 Å². The molecular weight excluding hydrogens is 286 g/mol. The van der Waals surface area contributed by atoms with Crippen molar-refractivity contribution in [3.63, 3.8) is 0 Å². The molecule has 120 valence electrons. The van der Waals surface area contributed by atoms with Crippen molar-refractivity contribution >= 4 is 5.91 Å². The molecule has 1 aliphatic carbocycles. The second kappa shape index (κ2) is 5.95. The first kappa shape index (κ1) is 15.4. The average Bonchev–Trinajstić information content (AvgIpc) is 3.27. The summed E-state index contributed by atoms with van der Waals surface area (Å²) in [6.07, 6.45) is 2.53. The van der Waals surface area contributed by atoms with Crippen molar-refractivity contribution < 1.29 is 13.6 Å². The highest BCUT2D eigenvalue weighted by Gasteiger charge is 2.47. The van der Waals surface area contributed by atoms with E-state index in [4.69, 9.17) is 5.73 Å². The van der Waals surface area contributed by atoms with Crippen LogP contribution in [0.5, 0.6) is 0 Å². The number of carbonyl (C=O) groups excluding carboxylic acids is 1. The topological polar surface area (TPSA) is 46.3 Å². The van der Waals surface area contributed by atoms with Crippen LogP contribution in [0.1, 0.15) is 37.7 Å². The minimum atomic E-state index is -0.581. The van der Waals surface area contributed by atoms with E-state index in [-0.39, 0.29) is 23.8 Å². The van der Waals surface area contributed by atoms with Crippen LogP contribution >= 0.6 is 0 Å². The fourth-order valence-electron chi connectivity index (χ4n) is 3.49. The standard InChI is InChI=1S/C17H22F2N2O/c1-10(20)11-4-6-21(7-5-11)17(22)15-9-14(15)13-3-2-12(18)8-16(13)19/h2-3,8,10-11,14-15H,4-7,9,20H2,1H3. The Labute approximate surface area is 129 Å². The van der Waals surface area contributed by atoms with Crippen LogP contribution in [-0.4, -0.2) is 29.9 Å². The average molecular weight is 308 g/mol. The Morgan fingerprint density at radius 3 is 2.59 bits per heavy atom. The van der Waals surface area contributed by atoms with Gasteiger partial charge in [-0.25, -0.2) is 8.78 Å². The minimum Gasteiger partial charge on any atom is -0.342 e. The number of likely N-dealkylation sites (tertiary alicyclic amines) is 1. The third-order valence-electron chi connectivity index (χ3n) is 5.06. The summed E-state index contributed by atoms with van der Waals surface area (Å²) in [6, 6.07) is 3.78. The van der Waals surface area contributed by atoms with E-state index in [1.165, 1.54) is 12.1 Å². The van der Waals surface area contributed by atoms with Gasteiger partial charge in [0.2, 0.25) is 5.91 Å². The Morgan fingerprint density at radius 2 is 2.00 bits per heavy atom. The molecule has 2 N–H and O–H groups in total. The van der Waals surface area contributed by atoms with E-state index in [2.05, 4.69) is 0 Å². The van der Waals surface area contributed by atoms with Gasteiger partial charge in [0.25, 0.3) is 0 Å². The smallest absolute Gasteiger partial charge is 0.226 e. The van der Waals surface area contributed by atoms with Crippen LogP contribution in [0.25, 0.3) is 0 Å². The predicted molar refractivity (Wildman–Crippen MR) is 80.2 cm³/mol. The zero-order valence-corrected chi connectivity index (χ0v) is 12.8. The van der Waals surface area contributed by atoms with Crippen molar-refractivity contribution in [3.05, 3.63) is 35.4 Å². The van der Waals surface area contributed by atoms with Gasteiger partial charge in [-0.15, -0.1) is 0 Å². The molecule has 22 heavy (non-hydrogen) atoms. The lowest BCUT2D eigenvalue weighted by Gasteiger charge is -2.34. The van der Waals surface area contributed by atoms with Gasteiger partial charge in [-0.3, -0.25) is 4.79 Å². The number of amides is 1. The molecule has 0 bridgehead atoms. The molecule has 1 saturated heterocycles. The van der Waals surface area contributed by atoms with E-state index < -0.39 is 11.6 Å². The molecule has 1 saturated carbocycles. The molecular formula is C17H22F2N2O. The first-order chi connectivity index (χ1) is 10.5. The number of benzene rings is 1. The Kier molecular flexibility index (Phi) is 4.17. The predicted octanol–water partition coefficient (Wildman–Crippen LogP) is 2.65. The Balaban J connectivity index is 1.59. The molecule has 1 aromatic rings. The first-order valence-electron chi connectivity index (χ1n) is 7.96. The number of rotatable bonds is 3. The SMILES string of the molecule is CC(N)C1CCN(C(=O)C2CC2c2ccc(F)cc2F)CC1. The zero-order chi connectivity index (χ0) is 15.9. The summed E-state index contributed by atoms with van der Waals surface area (Å²) < 4.78 is 26.7. The molecule has 1 aromatic carbocycles. The minimum absolute atomic E-state index is 0.0979. The summed E-state index contributed by atoms with van der Waals surface area (Å²) in [7, 11) is 0. The molecule has 0 aromatic heterocycles. The second-order valence-corrected chi connectivity index (χ2v) is 6.64. The van der Waals surface area contributed by atoms with Gasteiger partial charge in [-0.2, -0.15) is 0 Å². The Hall–Kier alpha value is -1.49. The van der Waals surface area contributed by atoms with Crippen molar-refractivity contribution in [1.82, 2.24) is 4.90 Å². The van der Waals surface area contributed by atoms with Crippen molar-refractivity contribution in [2.45, 2.75) is 38.1 Å². The van der Waals surface area contributed by atoms with Crippen molar-refractivity contribution in [2.24, 2.45) is 17.6 Å². The number of halogens is 2. The highest BCUT2D eigenvalue weighted by Crippen LogP contribution is 2.49. The number of piperidine rings is 1. The van der Waals surface area contributed by atoms with E-state index in [1.54, 1.807) is 0 Å². The van der Waals surface area contributed by atoms with Crippen molar-refractivity contribution in [2.75, 3.05) is 13.1 Å². The van der Waals surface area contributed by atoms with E-state index in [9.17, 15) is 13.6 Å². The fraction of sp³-hybridized carbons (Fsp3) is 0.588. The monoisotopic (exact) mass is 308 g/mol. The number of hydrogen-bond acceptors (Lipinski definition) is 2. The summed E-state index contributed by atoms with van der Waals surface area (Å²) in [5.74, 6) is -0.782. The van der Waals surface area contributed by atoms with Gasteiger partial charge in [0.1, 0.15) is 11.6 Å². The lowest BCUT2D eigenvalue weighted by molar-refractivity contribution is -0.134. The lowest BCUT2D eigenvalue weighted by atomic mass is 9.90. The molecule has 5 heteroatoms. The molecule has 2 aliphatic rings. The Morgan fingerprint density at radius 1 is 1.32 bits per heavy atom. The quantitative estimate of drug-likeness (QED) is 0.933. The molecule has 0 spiro atoms. The molecule has 3 rings (SSSR count). The van der Waals surface area contributed by atoms with E-state index in [0.29, 0.717) is 17.9 Å². The summed E-state index contributed by atoms with van der Waals surface area (Å²) in [4.78, 5) is 14.4. The Bertz CT molecular complexity index is 568. The van der Waals surface area contributed by atoms with Gasteiger partial charge < -0.3 is 10.6 Å². The van der Waals surface area contributed by atoms with E-state index >= 15 is 0 Å². The van der Waals surface area contributed by atoms with E-state index in [0.717, 1.165) is 32.0 Å². The summed E-state index contributed by atoms with van der Waals surface area (Å²) in [5, 5.41) is 0. The highest BCUT2D eigenvalue weighted by molar-refractivity contribution is 5.83. The third kappa shape index (κ3) is 3.00. The normalized spacial score (nSPS) is 26.8. The first-order valence-corrected chi connectivity index (χ1v) is 7.96. The van der Waals surface area contributed by atoms with E-state index in [1.807, 2.05) is 11.8 Å². The van der Waals surface area contributed by atoms with Crippen molar-refractivity contribution in [3.8, 4) is 0 Å². The van der Waals surface area contributed by atoms with Crippen LogP contribution in [-0.2, 0) is 4.79 Å². The van der Waals surface area contributed by atoms with Gasteiger partial charge in [0.15, 0.2) is 0 Å². The maximum absolute atomic E-state index is 13.8. The van der Waals surface area contributed by atoms with Gasteiger partial charge in [0, 0.05) is 31.1 Å². The number of carbonyl (C=O) groups is 1. The maximum atomic E-state index is 13.8. The molecule has 1 amide bonds. The number of hydrogen-bond donors (Lipinski definition) is 1. The third-order valence-corrected chi connectivity index (χ3v) is 5.06. The van der Waals surface area contributed by atoms with Crippen LogP contribution in [0.4, 0.5) is 8.78 Å². The number of nitrogens with zero attached hydrogens (tertiary/aromatic N) is 1. The summed E-state index contributed by atoms with van der Waals surface area (Å²) in [6.45, 7) is 3.48. The molecule has 2 fully saturated rings. The molecule has 3 nitrogen and oxygen atoms in total. The number of nitrogens with two attached hydrogens (primary N) is 1. The lowest BCUT2D eigenvalue weighted by Crippen LogP contribution is -2.43. The fourth-order valence-corrected chi connectivity index (χ4v) is 3.49. The van der Waals surface area contributed by atoms with Crippen molar-refractivity contribution in [1.29, 1.82) is 0 Å². The molecule has 1 aliphatic heterocycles. The highest BCUT2D eigenvalue weighted by atomic mass is 19.1. The van der Waals surface area contributed by atoms with Gasteiger partial charge in [0.05, 0.1) is 0 Å². The molecule has 0 radical (unpaired) electrons. The summed E-state index contributed by atoms with van der Waals surface area (Å²) in [5.41, 5.74) is 6.38. The van der Waals surface area contributed by atoms with Crippen LogP contribution in [0.3, 0.4) is 0 Å². The molecule has 3 unspecified atom stereocenters. The van der Waals surface area contributed by atoms with Crippen LogP contribution in [0.15, 0.2) is 18.2 Å². The van der Waals surface area contributed by atoms with Crippen LogP contribution in [0.2, 0.25) is 0 Å². The molecule has 1 heterocycles. The van der Waals surface area contributed by atoms with Crippen LogP contribution in [0, 0.1) is 23.5 Å². The maximum Gasteiger partial charge on any atom is 0.226 e. The second-order valence-electron chi connectivity index (χ2n) is 6.64. The zero-order valence-electron chi connectivity index (χ0n) is 12.8. The van der Waals surface area contributed by atoms with Gasteiger partial charge in [-0.05, 0) is 49.7 Å². The largest absolute Gasteiger partial charge is 0.342 e. The molecule has 3 atom stereocenters. The van der Waals surface area contributed by atoms with Gasteiger partial charge in [-0.1, -0.05) is 6.07 Å². The summed E-state index contributed by atoms with van der Waals surface area (Å²) >= 11 is 0.